The number of carbonyl (C=O) groups is 2. The summed E-state index contributed by atoms with van der Waals surface area (Å²) in [6, 6.07) is 14.5. The maximum Gasteiger partial charge on any atom is 0.340 e. The van der Waals surface area contributed by atoms with E-state index in [0.717, 1.165) is 18.4 Å². The summed E-state index contributed by atoms with van der Waals surface area (Å²) in [5.74, 6) is 5.38. The van der Waals surface area contributed by atoms with Crippen LogP contribution in [0.5, 0.6) is 0 Å². The molecule has 0 fully saturated rings. The fourth-order valence-corrected chi connectivity index (χ4v) is 4.83. The minimum atomic E-state index is -0.582. The minimum Gasteiger partial charge on any atom is -0.465 e. The molecule has 10 heteroatoms. The van der Waals surface area contributed by atoms with Crippen LogP contribution in [0.4, 0.5) is 5.00 Å². The van der Waals surface area contributed by atoms with Crippen LogP contribution in [-0.4, -0.2) is 33.8 Å². The van der Waals surface area contributed by atoms with E-state index in [4.69, 9.17) is 16.3 Å². The Bertz CT molecular complexity index is 1490. The number of carbonyl (C=O) groups excluding carboxylic acids is 2. The second-order valence-electron chi connectivity index (χ2n) is 7.57. The Balaban J connectivity index is 1.63. The molecule has 0 aliphatic rings. The van der Waals surface area contributed by atoms with E-state index in [2.05, 4.69) is 62.2 Å². The smallest absolute Gasteiger partial charge is 0.340 e. The monoisotopic (exact) mass is 582 g/mol. The number of hydrogen-bond acceptors (Lipinski definition) is 6. The number of aromatic nitrogens is 3. The molecule has 0 aliphatic carbocycles. The summed E-state index contributed by atoms with van der Waals surface area (Å²) in [5.41, 5.74) is 2.50. The Hall–Kier alpha value is -3.45. The number of nitrogens with zero attached hydrogens (tertiary/aromatic N) is 3. The van der Waals surface area contributed by atoms with Crippen molar-refractivity contribution in [3.63, 3.8) is 0 Å². The highest BCUT2D eigenvalue weighted by molar-refractivity contribution is 9.10. The molecule has 0 spiro atoms. The van der Waals surface area contributed by atoms with Gasteiger partial charge in [-0.1, -0.05) is 48.9 Å². The SMILES string of the molecule is CCCc1ccc(C#Cc2cc(C(=O)OC)c(NC(=O)c3cc(Br)nn3-c3ncccc3Cl)s2)cc1. The van der Waals surface area contributed by atoms with Gasteiger partial charge in [0.05, 0.1) is 22.6 Å². The number of esters is 1. The van der Waals surface area contributed by atoms with Gasteiger partial charge >= 0.3 is 5.97 Å². The highest BCUT2D eigenvalue weighted by Gasteiger charge is 2.23. The van der Waals surface area contributed by atoms with Crippen molar-refractivity contribution in [1.29, 1.82) is 0 Å². The molecule has 1 N–H and O–H groups in total. The second-order valence-corrected chi connectivity index (χ2v) is 9.84. The van der Waals surface area contributed by atoms with Gasteiger partial charge in [0, 0.05) is 17.8 Å². The predicted octanol–water partition coefficient (Wildman–Crippen LogP) is 6.14. The first-order valence-electron chi connectivity index (χ1n) is 10.9. The van der Waals surface area contributed by atoms with Crippen LogP contribution >= 0.6 is 38.9 Å². The zero-order valence-corrected chi connectivity index (χ0v) is 22.5. The fourth-order valence-electron chi connectivity index (χ4n) is 3.36. The van der Waals surface area contributed by atoms with Gasteiger partial charge in [-0.2, -0.15) is 5.10 Å². The third kappa shape index (κ3) is 5.85. The van der Waals surface area contributed by atoms with Gasteiger partial charge in [0.1, 0.15) is 15.3 Å². The molecule has 1 amide bonds. The van der Waals surface area contributed by atoms with E-state index in [-0.39, 0.29) is 11.3 Å². The maximum atomic E-state index is 13.2. The van der Waals surface area contributed by atoms with Crippen LogP contribution in [-0.2, 0) is 11.2 Å². The molecule has 7 nitrogen and oxygen atoms in total. The normalized spacial score (nSPS) is 10.4. The summed E-state index contributed by atoms with van der Waals surface area (Å²) in [6.45, 7) is 2.14. The largest absolute Gasteiger partial charge is 0.465 e. The number of pyridine rings is 1. The number of thiophene rings is 1. The summed E-state index contributed by atoms with van der Waals surface area (Å²) >= 11 is 10.7. The molecule has 0 bridgehead atoms. The number of nitrogens with one attached hydrogen (secondary N) is 1. The standard InChI is InChI=1S/C26H20BrClN4O3S/c1-3-5-16-7-9-17(10-8-16)11-12-18-14-19(26(34)35-2)25(36-18)30-24(33)21-15-22(27)31-32(21)23-20(28)6-4-13-29-23/h4,6-10,13-15H,3,5H2,1-2H3,(H,30,33). The quantitative estimate of drug-likeness (QED) is 0.218. The molecule has 3 heterocycles. The van der Waals surface area contributed by atoms with E-state index < -0.39 is 11.9 Å². The first-order valence-corrected chi connectivity index (χ1v) is 12.9. The highest BCUT2D eigenvalue weighted by atomic mass is 79.9. The summed E-state index contributed by atoms with van der Waals surface area (Å²) in [5, 5.41) is 7.70. The molecule has 0 unspecified atom stereocenters. The lowest BCUT2D eigenvalue weighted by Crippen LogP contribution is -2.18. The maximum absolute atomic E-state index is 13.2. The number of aryl methyl sites for hydroxylation is 1. The second kappa shape index (κ2) is 11.5. The van der Waals surface area contributed by atoms with Crippen molar-refractivity contribution in [1.82, 2.24) is 14.8 Å². The third-order valence-electron chi connectivity index (χ3n) is 5.04. The molecule has 4 aromatic rings. The van der Waals surface area contributed by atoms with Crippen molar-refractivity contribution in [2.45, 2.75) is 19.8 Å². The van der Waals surface area contributed by atoms with E-state index >= 15 is 0 Å². The first-order chi connectivity index (χ1) is 17.4. The van der Waals surface area contributed by atoms with Crippen molar-refractivity contribution in [3.8, 4) is 17.7 Å². The van der Waals surface area contributed by atoms with Gasteiger partial charge < -0.3 is 10.1 Å². The number of hydrogen-bond donors (Lipinski definition) is 1. The summed E-state index contributed by atoms with van der Waals surface area (Å²) in [6.07, 6.45) is 3.65. The van der Waals surface area contributed by atoms with Crippen LogP contribution in [0.3, 0.4) is 0 Å². The van der Waals surface area contributed by atoms with E-state index in [1.165, 1.54) is 34.8 Å². The molecule has 4 rings (SSSR count). The predicted molar refractivity (Wildman–Crippen MR) is 144 cm³/mol. The van der Waals surface area contributed by atoms with Gasteiger partial charge in [-0.15, -0.1) is 11.3 Å². The van der Waals surface area contributed by atoms with Gasteiger partial charge in [0.2, 0.25) is 0 Å². The molecule has 182 valence electrons. The van der Waals surface area contributed by atoms with Crippen LogP contribution in [0.15, 0.2) is 59.3 Å². The average Bonchev–Trinajstić information content (AvgIpc) is 3.47. The van der Waals surface area contributed by atoms with Gasteiger partial charge in [-0.05, 0) is 58.2 Å². The zero-order chi connectivity index (χ0) is 25.7. The number of halogens is 2. The van der Waals surface area contributed by atoms with Gasteiger partial charge in [0.15, 0.2) is 5.82 Å². The summed E-state index contributed by atoms with van der Waals surface area (Å²) in [7, 11) is 1.28. The lowest BCUT2D eigenvalue weighted by molar-refractivity contribution is 0.0602. The molecule has 3 aromatic heterocycles. The Morgan fingerprint density at radius 1 is 1.19 bits per heavy atom. The van der Waals surface area contributed by atoms with Crippen molar-refractivity contribution in [2.24, 2.45) is 0 Å². The Morgan fingerprint density at radius 3 is 2.67 bits per heavy atom. The molecular formula is C26H20BrClN4O3S. The van der Waals surface area contributed by atoms with E-state index in [1.807, 2.05) is 12.1 Å². The van der Waals surface area contributed by atoms with Crippen molar-refractivity contribution in [3.05, 3.63) is 91.6 Å². The van der Waals surface area contributed by atoms with Gasteiger partial charge in [-0.25, -0.2) is 14.5 Å². The molecule has 0 radical (unpaired) electrons. The minimum absolute atomic E-state index is 0.173. The number of anilines is 1. The van der Waals surface area contributed by atoms with Gasteiger partial charge in [0.25, 0.3) is 5.91 Å². The van der Waals surface area contributed by atoms with E-state index in [0.29, 0.717) is 25.3 Å². The third-order valence-corrected chi connectivity index (χ3v) is 6.69. The van der Waals surface area contributed by atoms with Crippen LogP contribution in [0.25, 0.3) is 5.82 Å². The van der Waals surface area contributed by atoms with Crippen molar-refractivity contribution in [2.75, 3.05) is 12.4 Å². The summed E-state index contributed by atoms with van der Waals surface area (Å²) in [4.78, 5) is 30.5. The molecule has 0 aliphatic heterocycles. The number of rotatable bonds is 6. The molecule has 36 heavy (non-hydrogen) atoms. The van der Waals surface area contributed by atoms with Crippen LogP contribution in [0.1, 0.15) is 50.2 Å². The molecule has 0 saturated heterocycles. The molecule has 0 atom stereocenters. The zero-order valence-electron chi connectivity index (χ0n) is 19.3. The van der Waals surface area contributed by atoms with Crippen LogP contribution in [0, 0.1) is 11.8 Å². The number of benzene rings is 1. The lowest BCUT2D eigenvalue weighted by atomic mass is 10.1. The Kier molecular flexibility index (Phi) is 8.21. The number of amides is 1. The molecular weight excluding hydrogens is 564 g/mol. The Morgan fingerprint density at radius 2 is 1.97 bits per heavy atom. The topological polar surface area (TPSA) is 86.1 Å². The van der Waals surface area contributed by atoms with Crippen LogP contribution in [0.2, 0.25) is 5.02 Å². The van der Waals surface area contributed by atoms with E-state index in [1.54, 1.807) is 24.4 Å². The van der Waals surface area contributed by atoms with Crippen molar-refractivity contribution >= 4 is 55.7 Å². The van der Waals surface area contributed by atoms with Crippen LogP contribution < -0.4 is 5.32 Å². The average molecular weight is 584 g/mol. The Labute approximate surface area is 225 Å². The number of methoxy groups -OCH3 is 1. The first kappa shape index (κ1) is 25.6. The van der Waals surface area contributed by atoms with Crippen molar-refractivity contribution < 1.29 is 14.3 Å². The summed E-state index contributed by atoms with van der Waals surface area (Å²) < 4.78 is 6.66. The van der Waals surface area contributed by atoms with E-state index in [9.17, 15) is 9.59 Å². The van der Waals surface area contributed by atoms with Gasteiger partial charge in [-0.3, -0.25) is 4.79 Å². The molecule has 1 aromatic carbocycles. The fraction of sp³-hybridized carbons (Fsp3) is 0.154. The number of ether oxygens (including phenoxy) is 1. The lowest BCUT2D eigenvalue weighted by Gasteiger charge is -2.08. The molecule has 0 saturated carbocycles. The highest BCUT2D eigenvalue weighted by Crippen LogP contribution is 2.30.